The Morgan fingerprint density at radius 2 is 2.12 bits per heavy atom. The first kappa shape index (κ1) is 11.4. The number of carboxylic acids is 1. The highest BCUT2D eigenvalue weighted by atomic mass is 16.4. The molecule has 1 fully saturated rings. The summed E-state index contributed by atoms with van der Waals surface area (Å²) in [5, 5.41) is 11.5. The molecule has 0 spiro atoms. The number of anilines is 1. The van der Waals surface area contributed by atoms with Crippen LogP contribution in [0.4, 0.5) is 5.69 Å². The quantitative estimate of drug-likeness (QED) is 0.674. The number of rotatable bonds is 4. The molecule has 1 aliphatic carbocycles. The van der Waals surface area contributed by atoms with Crippen LogP contribution in [0.5, 0.6) is 0 Å². The van der Waals surface area contributed by atoms with Gasteiger partial charge in [0.2, 0.25) is 0 Å². The largest absolute Gasteiger partial charge is 0.480 e. The van der Waals surface area contributed by atoms with Crippen LogP contribution in [0, 0.1) is 5.92 Å². The van der Waals surface area contributed by atoms with Crippen LogP contribution in [0.25, 0.3) is 0 Å². The topological polar surface area (TPSA) is 92.4 Å². The maximum Gasteiger partial charge on any atom is 0.326 e. The molecular weight excluding hydrogens is 220 g/mol. The van der Waals surface area contributed by atoms with Crippen molar-refractivity contribution in [3.63, 3.8) is 0 Å². The fourth-order valence-electron chi connectivity index (χ4n) is 1.72. The highest BCUT2D eigenvalue weighted by molar-refractivity contribution is 5.97. The monoisotopic (exact) mass is 234 g/mol. The molecule has 1 unspecified atom stereocenters. The van der Waals surface area contributed by atoms with Crippen LogP contribution in [0.3, 0.4) is 0 Å². The first-order valence-electron chi connectivity index (χ1n) is 5.47. The van der Waals surface area contributed by atoms with Crippen LogP contribution in [0.2, 0.25) is 0 Å². The number of benzene rings is 1. The lowest BCUT2D eigenvalue weighted by Crippen LogP contribution is -2.42. The van der Waals surface area contributed by atoms with Gasteiger partial charge in [0.1, 0.15) is 6.04 Å². The zero-order chi connectivity index (χ0) is 12.4. The summed E-state index contributed by atoms with van der Waals surface area (Å²) in [5.41, 5.74) is 6.43. The number of carbonyl (C=O) groups excluding carboxylic acids is 1. The third-order valence-electron chi connectivity index (χ3n) is 2.79. The van der Waals surface area contributed by atoms with E-state index in [0.29, 0.717) is 11.3 Å². The number of hydrogen-bond donors (Lipinski definition) is 3. The Morgan fingerprint density at radius 1 is 1.41 bits per heavy atom. The Balaban J connectivity index is 2.07. The first-order valence-corrected chi connectivity index (χ1v) is 5.47. The van der Waals surface area contributed by atoms with Gasteiger partial charge in [-0.2, -0.15) is 0 Å². The Bertz CT molecular complexity index is 455. The van der Waals surface area contributed by atoms with E-state index in [1.807, 2.05) is 0 Å². The number of hydrogen-bond acceptors (Lipinski definition) is 3. The molecule has 2 rings (SSSR count). The van der Waals surface area contributed by atoms with Crippen molar-refractivity contribution >= 4 is 17.6 Å². The van der Waals surface area contributed by atoms with Gasteiger partial charge in [-0.1, -0.05) is 6.07 Å². The summed E-state index contributed by atoms with van der Waals surface area (Å²) in [6, 6.07) is 5.69. The molecule has 0 bridgehead atoms. The highest BCUT2D eigenvalue weighted by Crippen LogP contribution is 2.32. The lowest BCUT2D eigenvalue weighted by molar-refractivity contribution is -0.139. The van der Waals surface area contributed by atoms with Crippen LogP contribution in [-0.2, 0) is 4.79 Å². The van der Waals surface area contributed by atoms with E-state index < -0.39 is 17.9 Å². The Kier molecular flexibility index (Phi) is 2.99. The molecule has 1 aromatic carbocycles. The van der Waals surface area contributed by atoms with Gasteiger partial charge in [0.05, 0.1) is 0 Å². The lowest BCUT2D eigenvalue weighted by atomic mass is 10.1. The van der Waals surface area contributed by atoms with Gasteiger partial charge in [-0.05, 0) is 37.0 Å². The molecular formula is C12H14N2O3. The second kappa shape index (κ2) is 4.45. The maximum atomic E-state index is 11.8. The number of aliphatic carboxylic acids is 1. The van der Waals surface area contributed by atoms with Crippen LogP contribution >= 0.6 is 0 Å². The van der Waals surface area contributed by atoms with Crippen molar-refractivity contribution in [1.29, 1.82) is 0 Å². The zero-order valence-corrected chi connectivity index (χ0v) is 9.22. The predicted octanol–water partition coefficient (Wildman–Crippen LogP) is 0.862. The molecule has 5 nitrogen and oxygen atoms in total. The number of nitrogens with two attached hydrogens (primary N) is 1. The van der Waals surface area contributed by atoms with Crippen molar-refractivity contribution in [2.24, 2.45) is 5.92 Å². The minimum Gasteiger partial charge on any atom is -0.480 e. The van der Waals surface area contributed by atoms with Crippen molar-refractivity contribution in [2.45, 2.75) is 18.9 Å². The fourth-order valence-corrected chi connectivity index (χ4v) is 1.72. The molecule has 90 valence electrons. The maximum absolute atomic E-state index is 11.8. The van der Waals surface area contributed by atoms with Crippen molar-refractivity contribution < 1.29 is 14.7 Å². The summed E-state index contributed by atoms with van der Waals surface area (Å²) in [4.78, 5) is 22.8. The number of nitrogens with one attached hydrogen (secondary N) is 1. The van der Waals surface area contributed by atoms with E-state index in [4.69, 9.17) is 10.8 Å². The summed E-state index contributed by atoms with van der Waals surface area (Å²) in [7, 11) is 0. The lowest BCUT2D eigenvalue weighted by Gasteiger charge is -2.13. The van der Waals surface area contributed by atoms with Crippen LogP contribution < -0.4 is 11.1 Å². The summed E-state index contributed by atoms with van der Waals surface area (Å²) >= 11 is 0. The second-order valence-electron chi connectivity index (χ2n) is 4.25. The van der Waals surface area contributed by atoms with Crippen LogP contribution in [0.1, 0.15) is 23.2 Å². The molecule has 0 radical (unpaired) electrons. The van der Waals surface area contributed by atoms with Crippen molar-refractivity contribution in [3.8, 4) is 0 Å². The number of carbonyl (C=O) groups is 2. The number of amides is 1. The molecule has 1 aromatic rings. The molecule has 17 heavy (non-hydrogen) atoms. The smallest absolute Gasteiger partial charge is 0.326 e. The average molecular weight is 234 g/mol. The zero-order valence-electron chi connectivity index (χ0n) is 9.22. The Hall–Kier alpha value is -2.04. The molecule has 5 heteroatoms. The van der Waals surface area contributed by atoms with Crippen LogP contribution in [0.15, 0.2) is 24.3 Å². The van der Waals surface area contributed by atoms with E-state index in [0.717, 1.165) is 12.8 Å². The van der Waals surface area contributed by atoms with Crippen molar-refractivity contribution in [3.05, 3.63) is 29.8 Å². The van der Waals surface area contributed by atoms with Gasteiger partial charge < -0.3 is 16.2 Å². The highest BCUT2D eigenvalue weighted by Gasteiger charge is 2.37. The van der Waals surface area contributed by atoms with E-state index in [1.54, 1.807) is 18.2 Å². The van der Waals surface area contributed by atoms with Gasteiger partial charge >= 0.3 is 5.97 Å². The van der Waals surface area contributed by atoms with Gasteiger partial charge in [-0.15, -0.1) is 0 Å². The first-order chi connectivity index (χ1) is 8.08. The third kappa shape index (κ3) is 2.75. The van der Waals surface area contributed by atoms with E-state index in [2.05, 4.69) is 5.32 Å². The van der Waals surface area contributed by atoms with Gasteiger partial charge in [-0.3, -0.25) is 4.79 Å². The molecule has 0 aromatic heterocycles. The van der Waals surface area contributed by atoms with Gasteiger partial charge in [0.25, 0.3) is 5.91 Å². The van der Waals surface area contributed by atoms with E-state index in [1.165, 1.54) is 6.07 Å². The van der Waals surface area contributed by atoms with Gasteiger partial charge in [0, 0.05) is 11.3 Å². The van der Waals surface area contributed by atoms with E-state index >= 15 is 0 Å². The number of nitrogen functional groups attached to an aromatic ring is 1. The third-order valence-corrected chi connectivity index (χ3v) is 2.79. The molecule has 4 N–H and O–H groups in total. The molecule has 1 amide bonds. The normalized spacial score (nSPS) is 16.2. The SMILES string of the molecule is Nc1cccc(C(=O)NC(C(=O)O)C2CC2)c1. The van der Waals surface area contributed by atoms with Gasteiger partial charge in [-0.25, -0.2) is 4.79 Å². The molecule has 0 heterocycles. The molecule has 1 atom stereocenters. The number of carboxylic acid groups (broad SMARTS) is 1. The Morgan fingerprint density at radius 3 is 2.65 bits per heavy atom. The molecule has 1 aliphatic rings. The van der Waals surface area contributed by atoms with Crippen LogP contribution in [-0.4, -0.2) is 23.0 Å². The van der Waals surface area contributed by atoms with E-state index in [9.17, 15) is 9.59 Å². The fraction of sp³-hybridized carbons (Fsp3) is 0.333. The molecule has 0 aliphatic heterocycles. The predicted molar refractivity (Wildman–Crippen MR) is 62.5 cm³/mol. The summed E-state index contributed by atoms with van der Waals surface area (Å²) in [6.45, 7) is 0. The van der Waals surface area contributed by atoms with Crippen molar-refractivity contribution in [1.82, 2.24) is 5.32 Å². The van der Waals surface area contributed by atoms with Crippen molar-refractivity contribution in [2.75, 3.05) is 5.73 Å². The average Bonchev–Trinajstić information content (AvgIpc) is 3.09. The molecule has 1 saturated carbocycles. The minimum atomic E-state index is -0.982. The van der Waals surface area contributed by atoms with E-state index in [-0.39, 0.29) is 5.92 Å². The summed E-state index contributed by atoms with van der Waals surface area (Å²) in [6.07, 6.45) is 1.71. The minimum absolute atomic E-state index is 0.0671. The summed E-state index contributed by atoms with van der Waals surface area (Å²) in [5.74, 6) is -1.31. The Labute approximate surface area is 98.6 Å². The molecule has 0 saturated heterocycles. The van der Waals surface area contributed by atoms with Gasteiger partial charge in [0.15, 0.2) is 0 Å². The second-order valence-corrected chi connectivity index (χ2v) is 4.25. The summed E-state index contributed by atoms with van der Waals surface area (Å²) < 4.78 is 0. The standard InChI is InChI=1S/C12H14N2O3/c13-9-3-1-2-8(6-9)11(15)14-10(12(16)17)7-4-5-7/h1-3,6-7,10H,4-5,13H2,(H,14,15)(H,16,17).